The Morgan fingerprint density at radius 1 is 1.31 bits per heavy atom. The molecule has 84 valence electrons. The van der Waals surface area contributed by atoms with Gasteiger partial charge in [-0.15, -0.1) is 11.3 Å². The van der Waals surface area contributed by atoms with Crippen LogP contribution < -0.4 is 0 Å². The van der Waals surface area contributed by atoms with Gasteiger partial charge < -0.3 is 5.11 Å². The number of hydrogen-bond acceptors (Lipinski definition) is 3. The van der Waals surface area contributed by atoms with Crippen LogP contribution in [0, 0.1) is 13.8 Å². The van der Waals surface area contributed by atoms with E-state index in [4.69, 9.17) is 0 Å². The average molecular weight is 233 g/mol. The van der Waals surface area contributed by atoms with E-state index in [9.17, 15) is 5.11 Å². The van der Waals surface area contributed by atoms with E-state index in [1.54, 1.807) is 11.3 Å². The van der Waals surface area contributed by atoms with Crippen molar-refractivity contribution in [1.82, 2.24) is 4.98 Å². The fourth-order valence-corrected chi connectivity index (χ4v) is 2.52. The van der Waals surface area contributed by atoms with Crippen molar-refractivity contribution in [2.24, 2.45) is 0 Å². The number of nitrogens with zero attached hydrogens (tertiary/aromatic N) is 1. The Morgan fingerprint density at radius 3 is 2.75 bits per heavy atom. The first-order valence-electron chi connectivity index (χ1n) is 5.31. The van der Waals surface area contributed by atoms with Gasteiger partial charge in [-0.3, -0.25) is 4.98 Å². The summed E-state index contributed by atoms with van der Waals surface area (Å²) in [5.74, 6) is 0. The van der Waals surface area contributed by atoms with E-state index >= 15 is 0 Å². The highest BCUT2D eigenvalue weighted by atomic mass is 32.1. The molecule has 2 rings (SSSR count). The molecule has 0 amide bonds. The zero-order valence-corrected chi connectivity index (χ0v) is 10.3. The molecule has 0 aliphatic carbocycles. The van der Waals surface area contributed by atoms with Crippen LogP contribution in [0.5, 0.6) is 0 Å². The van der Waals surface area contributed by atoms with Gasteiger partial charge in [-0.05, 0) is 31.4 Å². The minimum Gasteiger partial charge on any atom is -0.388 e. The molecule has 0 aliphatic rings. The lowest BCUT2D eigenvalue weighted by molar-refractivity contribution is 0.178. The zero-order chi connectivity index (χ0) is 11.5. The third-order valence-corrected chi connectivity index (χ3v) is 3.50. The smallest absolute Gasteiger partial charge is 0.0855 e. The van der Waals surface area contributed by atoms with Crippen molar-refractivity contribution in [3.63, 3.8) is 0 Å². The maximum Gasteiger partial charge on any atom is 0.0855 e. The summed E-state index contributed by atoms with van der Waals surface area (Å²) in [6, 6.07) is 7.97. The predicted molar refractivity (Wildman–Crippen MR) is 66.7 cm³/mol. The van der Waals surface area contributed by atoms with Crippen LogP contribution in [0.1, 0.15) is 27.9 Å². The molecule has 1 atom stereocenters. The van der Waals surface area contributed by atoms with Crippen LogP contribution in [0.15, 0.2) is 29.6 Å². The first-order valence-corrected chi connectivity index (χ1v) is 6.19. The van der Waals surface area contributed by atoms with Crippen LogP contribution in [0.25, 0.3) is 0 Å². The molecule has 0 saturated heterocycles. The maximum absolute atomic E-state index is 10.1. The van der Waals surface area contributed by atoms with Crippen molar-refractivity contribution < 1.29 is 5.11 Å². The molecule has 0 fully saturated rings. The quantitative estimate of drug-likeness (QED) is 0.884. The second kappa shape index (κ2) is 4.76. The van der Waals surface area contributed by atoms with Gasteiger partial charge in [-0.25, -0.2) is 0 Å². The van der Waals surface area contributed by atoms with Gasteiger partial charge in [0.25, 0.3) is 0 Å². The standard InChI is InChI=1S/C13H15NOS/c1-9-5-6-12(10(2)14-9)13(15)8-11-4-3-7-16-11/h3-7,13,15H,8H2,1-2H3. The fraction of sp³-hybridized carbons (Fsp3) is 0.308. The number of aromatic nitrogens is 1. The molecular weight excluding hydrogens is 218 g/mol. The molecule has 0 aliphatic heterocycles. The van der Waals surface area contributed by atoms with E-state index < -0.39 is 6.10 Å². The van der Waals surface area contributed by atoms with Gasteiger partial charge >= 0.3 is 0 Å². The topological polar surface area (TPSA) is 33.1 Å². The Bertz CT molecular complexity index is 465. The van der Waals surface area contributed by atoms with E-state index in [-0.39, 0.29) is 0 Å². The second-order valence-corrected chi connectivity index (χ2v) is 4.96. The number of aliphatic hydroxyl groups excluding tert-OH is 1. The van der Waals surface area contributed by atoms with Crippen molar-refractivity contribution >= 4 is 11.3 Å². The van der Waals surface area contributed by atoms with Crippen molar-refractivity contribution in [3.05, 3.63) is 51.5 Å². The summed E-state index contributed by atoms with van der Waals surface area (Å²) in [5.41, 5.74) is 2.84. The van der Waals surface area contributed by atoms with Crippen LogP contribution in [0.4, 0.5) is 0 Å². The Morgan fingerprint density at radius 2 is 2.12 bits per heavy atom. The van der Waals surface area contributed by atoms with Crippen molar-refractivity contribution in [2.75, 3.05) is 0 Å². The molecule has 2 heterocycles. The highest BCUT2D eigenvalue weighted by Gasteiger charge is 2.12. The molecule has 2 nitrogen and oxygen atoms in total. The lowest BCUT2D eigenvalue weighted by atomic mass is 10.0. The number of aryl methyl sites for hydroxylation is 2. The van der Waals surface area contributed by atoms with E-state index in [1.807, 2.05) is 43.5 Å². The first kappa shape index (κ1) is 11.3. The lowest BCUT2D eigenvalue weighted by Crippen LogP contribution is -2.04. The number of pyridine rings is 1. The van der Waals surface area contributed by atoms with Gasteiger partial charge in [0.15, 0.2) is 0 Å². The third kappa shape index (κ3) is 2.49. The van der Waals surface area contributed by atoms with E-state index in [0.717, 1.165) is 17.0 Å². The predicted octanol–water partition coefficient (Wildman–Crippen LogP) is 3.04. The molecule has 0 aromatic carbocycles. The summed E-state index contributed by atoms with van der Waals surface area (Å²) < 4.78 is 0. The summed E-state index contributed by atoms with van der Waals surface area (Å²) in [4.78, 5) is 5.57. The summed E-state index contributed by atoms with van der Waals surface area (Å²) in [6.07, 6.45) is 0.218. The number of hydrogen-bond donors (Lipinski definition) is 1. The summed E-state index contributed by atoms with van der Waals surface area (Å²) >= 11 is 1.67. The van der Waals surface area contributed by atoms with Crippen LogP contribution >= 0.6 is 11.3 Å². The summed E-state index contributed by atoms with van der Waals surface area (Å²) in [5, 5.41) is 12.2. The maximum atomic E-state index is 10.1. The molecule has 3 heteroatoms. The minimum absolute atomic E-state index is 0.452. The Kier molecular flexibility index (Phi) is 3.36. The minimum atomic E-state index is -0.452. The number of aliphatic hydroxyl groups is 1. The van der Waals surface area contributed by atoms with Gasteiger partial charge in [0.2, 0.25) is 0 Å². The van der Waals surface area contributed by atoms with Crippen LogP contribution in [-0.2, 0) is 6.42 Å². The van der Waals surface area contributed by atoms with Crippen molar-refractivity contribution in [1.29, 1.82) is 0 Å². The SMILES string of the molecule is Cc1ccc(C(O)Cc2cccs2)c(C)n1. The molecule has 16 heavy (non-hydrogen) atoms. The number of thiophene rings is 1. The third-order valence-electron chi connectivity index (χ3n) is 2.60. The molecule has 0 spiro atoms. The van der Waals surface area contributed by atoms with Gasteiger partial charge in [-0.2, -0.15) is 0 Å². The van der Waals surface area contributed by atoms with Gasteiger partial charge in [0.05, 0.1) is 6.10 Å². The highest BCUT2D eigenvalue weighted by molar-refractivity contribution is 7.09. The first-order chi connectivity index (χ1) is 7.66. The van der Waals surface area contributed by atoms with Gasteiger partial charge in [-0.1, -0.05) is 12.1 Å². The largest absolute Gasteiger partial charge is 0.388 e. The van der Waals surface area contributed by atoms with E-state index in [0.29, 0.717) is 6.42 Å². The molecule has 0 bridgehead atoms. The van der Waals surface area contributed by atoms with Gasteiger partial charge in [0, 0.05) is 28.2 Å². The Balaban J connectivity index is 2.17. The Labute approximate surface area is 99.6 Å². The van der Waals surface area contributed by atoms with E-state index in [1.165, 1.54) is 4.88 Å². The summed E-state index contributed by atoms with van der Waals surface area (Å²) in [7, 11) is 0. The molecule has 2 aromatic heterocycles. The second-order valence-electron chi connectivity index (χ2n) is 3.93. The van der Waals surface area contributed by atoms with Crippen LogP contribution in [-0.4, -0.2) is 10.1 Å². The Hall–Kier alpha value is -1.19. The average Bonchev–Trinajstić information content (AvgIpc) is 2.70. The molecular formula is C13H15NOS. The number of rotatable bonds is 3. The van der Waals surface area contributed by atoms with Gasteiger partial charge in [0.1, 0.15) is 0 Å². The molecule has 1 unspecified atom stereocenters. The molecule has 0 radical (unpaired) electrons. The lowest BCUT2D eigenvalue weighted by Gasteiger charge is -2.12. The van der Waals surface area contributed by atoms with Crippen LogP contribution in [0.2, 0.25) is 0 Å². The summed E-state index contributed by atoms with van der Waals surface area (Å²) in [6.45, 7) is 3.91. The van der Waals surface area contributed by atoms with Crippen molar-refractivity contribution in [2.45, 2.75) is 26.4 Å². The fourth-order valence-electron chi connectivity index (χ4n) is 1.78. The molecule has 1 N–H and O–H groups in total. The van der Waals surface area contributed by atoms with Crippen LogP contribution in [0.3, 0.4) is 0 Å². The highest BCUT2D eigenvalue weighted by Crippen LogP contribution is 2.22. The normalized spacial score (nSPS) is 12.7. The molecule has 0 saturated carbocycles. The molecule has 2 aromatic rings. The van der Waals surface area contributed by atoms with Crippen molar-refractivity contribution in [3.8, 4) is 0 Å². The van der Waals surface area contributed by atoms with E-state index in [2.05, 4.69) is 4.98 Å². The zero-order valence-electron chi connectivity index (χ0n) is 9.47. The monoisotopic (exact) mass is 233 g/mol.